The molecule has 102 heavy (non-hydrogen) atoms. The van der Waals surface area contributed by atoms with Crippen LogP contribution in [0.15, 0.2) is 373 Å². The molecule has 6 nitrogen and oxygen atoms in total. The highest BCUT2D eigenvalue weighted by Gasteiger charge is 2.22. The molecule has 0 aliphatic heterocycles. The fourth-order valence-corrected chi connectivity index (χ4v) is 16.4. The van der Waals surface area contributed by atoms with Gasteiger partial charge < -0.3 is 27.1 Å². The summed E-state index contributed by atoms with van der Waals surface area (Å²) >= 11 is 0. The number of furan rings is 2. The first kappa shape index (κ1) is 57.4. The fourth-order valence-electron chi connectivity index (χ4n) is 16.4. The smallest absolute Gasteiger partial charge is 0.143 e. The molecule has 0 unspecified atom stereocenters. The van der Waals surface area contributed by atoms with Crippen molar-refractivity contribution in [2.24, 2.45) is 0 Å². The van der Waals surface area contributed by atoms with Crippen molar-refractivity contribution in [3.05, 3.63) is 364 Å². The number of benzene rings is 16. The van der Waals surface area contributed by atoms with E-state index in [4.69, 9.17) is 8.83 Å². The molecule has 16 aromatic carbocycles. The molecule has 6 heterocycles. The monoisotopic (exact) mass is 1300 g/mol. The van der Waals surface area contributed by atoms with Crippen LogP contribution in [-0.2, 0) is 0 Å². The van der Waals surface area contributed by atoms with Crippen LogP contribution in [0.3, 0.4) is 0 Å². The lowest BCUT2D eigenvalue weighted by molar-refractivity contribution is 0.669. The number of para-hydroxylation sites is 8. The Morgan fingerprint density at radius 1 is 0.157 bits per heavy atom. The van der Waals surface area contributed by atoms with Gasteiger partial charge >= 0.3 is 0 Å². The Bertz CT molecular complexity index is 7120. The lowest BCUT2D eigenvalue weighted by Crippen LogP contribution is -1.96. The molecule has 0 saturated carbocycles. The van der Waals surface area contributed by atoms with Crippen molar-refractivity contribution in [3.8, 4) is 67.3 Å². The van der Waals surface area contributed by atoms with Gasteiger partial charge in [-0.2, -0.15) is 0 Å². The van der Waals surface area contributed by atoms with E-state index in [0.29, 0.717) is 0 Å². The molecule has 0 saturated heterocycles. The van der Waals surface area contributed by atoms with Gasteiger partial charge in [0.25, 0.3) is 0 Å². The van der Waals surface area contributed by atoms with Gasteiger partial charge in [0.2, 0.25) is 0 Å². The summed E-state index contributed by atoms with van der Waals surface area (Å²) < 4.78 is 22.5. The maximum absolute atomic E-state index is 6.44. The molecule has 0 bridgehead atoms. The number of aromatic nitrogens is 4. The Kier molecular flexibility index (Phi) is 12.9. The van der Waals surface area contributed by atoms with Crippen LogP contribution in [0.2, 0.25) is 0 Å². The van der Waals surface area contributed by atoms with Crippen molar-refractivity contribution >= 4 is 131 Å². The van der Waals surface area contributed by atoms with Crippen LogP contribution in [0.4, 0.5) is 0 Å². The van der Waals surface area contributed by atoms with Crippen molar-refractivity contribution in [2.75, 3.05) is 0 Å². The normalized spacial score (nSPS) is 11.9. The molecule has 22 aromatic rings. The van der Waals surface area contributed by atoms with Crippen LogP contribution in [-0.4, -0.2) is 18.3 Å². The van der Waals surface area contributed by atoms with E-state index in [9.17, 15) is 0 Å². The Balaban J connectivity index is 0.000000133. The Labute approximate surface area is 585 Å². The van der Waals surface area contributed by atoms with Crippen LogP contribution < -0.4 is 0 Å². The number of fused-ring (bicyclic) bond motifs is 18. The van der Waals surface area contributed by atoms with Crippen LogP contribution in [0.25, 0.3) is 198 Å². The first-order chi connectivity index (χ1) is 50.6. The van der Waals surface area contributed by atoms with Crippen LogP contribution in [0.5, 0.6) is 0 Å². The summed E-state index contributed by atoms with van der Waals surface area (Å²) in [6.07, 6.45) is 0. The number of hydrogen-bond acceptors (Lipinski definition) is 2. The van der Waals surface area contributed by atoms with Gasteiger partial charge in [-0.3, -0.25) is 0 Å². The lowest BCUT2D eigenvalue weighted by atomic mass is 10.0. The van der Waals surface area contributed by atoms with Crippen LogP contribution in [0, 0.1) is 0 Å². The minimum atomic E-state index is 0.915. The molecule has 0 spiro atoms. The van der Waals surface area contributed by atoms with E-state index in [-0.39, 0.29) is 0 Å². The SMILES string of the molecule is c1ccc(-c2ccc(-n3c4ccccc4c4cc(-n5c6ccccc6c6cc(-c7cccc8c7oc7ccccc78)ccc65)ccc43)cc2)cc1.c1ccc(-c2cccc(-n3c4ccccc4c4cc(-n5c6ccccc6c6cc(-c7cccc8c7oc7ccccc78)ccc65)ccc43)c2)cc1. The maximum atomic E-state index is 6.44. The summed E-state index contributed by atoms with van der Waals surface area (Å²) in [5, 5.41) is 14.4. The summed E-state index contributed by atoms with van der Waals surface area (Å²) in [7, 11) is 0. The molecule has 0 amide bonds. The van der Waals surface area contributed by atoms with Gasteiger partial charge in [0, 0.05) is 98.5 Å². The van der Waals surface area contributed by atoms with Crippen molar-refractivity contribution < 1.29 is 8.83 Å². The second kappa shape index (κ2) is 23.0. The standard InChI is InChI=1S/2C48H30N2O/c1-2-11-31(12-3-1)32-21-24-34(25-22-32)49-43-18-7-5-14-38(43)42-30-35(26-28-46(42)49)50-44-19-8-4-13-37(44)41-29-33(23-27-45(41)50)36-16-10-17-40-39-15-6-9-20-47(39)51-48(36)40;1-2-12-31(13-3-1)32-14-10-15-34(28-32)49-44-22-8-5-17-38(44)42-30-35(25-27-46(42)49)50-43-21-7-4-16-37(43)41-29-33(24-26-45(41)50)36-19-11-20-40-39-18-6-9-23-47(39)51-48(36)40/h2*1-30H. The number of hydrogen-bond donors (Lipinski definition) is 0. The first-order valence-corrected chi connectivity index (χ1v) is 34.9. The third-order valence-corrected chi connectivity index (χ3v) is 21.0. The Morgan fingerprint density at radius 3 is 0.902 bits per heavy atom. The van der Waals surface area contributed by atoms with Gasteiger partial charge in [0.15, 0.2) is 0 Å². The highest BCUT2D eigenvalue weighted by atomic mass is 16.3. The summed E-state index contributed by atoms with van der Waals surface area (Å²) in [5.41, 5.74) is 27.1. The largest absolute Gasteiger partial charge is 0.455 e. The summed E-state index contributed by atoms with van der Waals surface area (Å²) in [4.78, 5) is 0. The molecule has 0 atom stereocenters. The van der Waals surface area contributed by atoms with Gasteiger partial charge in [-0.15, -0.1) is 0 Å². The van der Waals surface area contributed by atoms with Crippen molar-refractivity contribution in [3.63, 3.8) is 0 Å². The zero-order chi connectivity index (χ0) is 66.9. The number of nitrogens with zero attached hydrogens (tertiary/aromatic N) is 4. The summed E-state index contributed by atoms with van der Waals surface area (Å²) in [5.74, 6) is 0. The molecule has 6 aromatic heterocycles. The zero-order valence-corrected chi connectivity index (χ0v) is 55.2. The molecule has 0 aliphatic rings. The zero-order valence-electron chi connectivity index (χ0n) is 55.2. The highest BCUT2D eigenvalue weighted by molar-refractivity contribution is 6.17. The van der Waals surface area contributed by atoms with Gasteiger partial charge in [-0.05, 0) is 155 Å². The van der Waals surface area contributed by atoms with Crippen LogP contribution >= 0.6 is 0 Å². The molecule has 0 radical (unpaired) electrons. The minimum absolute atomic E-state index is 0.915. The third-order valence-electron chi connectivity index (χ3n) is 21.0. The van der Waals surface area contributed by atoms with Gasteiger partial charge in [0.1, 0.15) is 22.3 Å². The van der Waals surface area contributed by atoms with Gasteiger partial charge in [0.05, 0.1) is 44.1 Å². The molecule has 476 valence electrons. The number of rotatable bonds is 8. The van der Waals surface area contributed by atoms with E-state index < -0.39 is 0 Å². The van der Waals surface area contributed by atoms with E-state index in [1.807, 2.05) is 24.3 Å². The van der Waals surface area contributed by atoms with Crippen molar-refractivity contribution in [2.45, 2.75) is 0 Å². The van der Waals surface area contributed by atoms with Gasteiger partial charge in [-0.25, -0.2) is 0 Å². The second-order valence-corrected chi connectivity index (χ2v) is 26.7. The Hall–Kier alpha value is -13.7. The molecule has 0 N–H and O–H groups in total. The quantitative estimate of drug-likeness (QED) is 0.152. The third kappa shape index (κ3) is 8.99. The molecule has 6 heteroatoms. The van der Waals surface area contributed by atoms with Crippen molar-refractivity contribution in [1.82, 2.24) is 18.3 Å². The predicted molar refractivity (Wildman–Crippen MR) is 427 cm³/mol. The lowest BCUT2D eigenvalue weighted by Gasteiger charge is -2.12. The molecule has 22 rings (SSSR count). The van der Waals surface area contributed by atoms with E-state index >= 15 is 0 Å². The van der Waals surface area contributed by atoms with E-state index in [0.717, 1.165) is 88.9 Å². The highest BCUT2D eigenvalue weighted by Crippen LogP contribution is 2.45. The summed E-state index contributed by atoms with van der Waals surface area (Å²) in [6, 6.07) is 131. The molecule has 0 aliphatic carbocycles. The van der Waals surface area contributed by atoms with E-state index in [1.54, 1.807) is 0 Å². The minimum Gasteiger partial charge on any atom is -0.455 e. The second-order valence-electron chi connectivity index (χ2n) is 26.7. The predicted octanol–water partition coefficient (Wildman–Crippen LogP) is 26.2. The van der Waals surface area contributed by atoms with Crippen molar-refractivity contribution in [1.29, 1.82) is 0 Å². The average molecular weight is 1300 g/mol. The van der Waals surface area contributed by atoms with E-state index in [2.05, 4.69) is 358 Å². The van der Waals surface area contributed by atoms with E-state index in [1.165, 1.54) is 109 Å². The Morgan fingerprint density at radius 2 is 0.451 bits per heavy atom. The average Bonchev–Trinajstić information content (AvgIpc) is 1.54. The first-order valence-electron chi connectivity index (χ1n) is 34.9. The topological polar surface area (TPSA) is 46.0 Å². The molecular weight excluding hydrogens is 1240 g/mol. The van der Waals surface area contributed by atoms with Crippen LogP contribution in [0.1, 0.15) is 0 Å². The fraction of sp³-hybridized carbons (Fsp3) is 0. The maximum Gasteiger partial charge on any atom is 0.143 e. The molecular formula is C96H60N4O2. The molecule has 0 fully saturated rings. The summed E-state index contributed by atoms with van der Waals surface area (Å²) in [6.45, 7) is 0. The van der Waals surface area contributed by atoms with Gasteiger partial charge in [-0.1, -0.05) is 243 Å².